The molecule has 82 valence electrons. The number of benzene rings is 1. The standard InChI is InChI=1S/C12H14ClFO/c1-8(6-7-15)10-4-3-5-11(13)12(10)9(2)14/h3-5,7-9H,6H2,1-2H3. The van der Waals surface area contributed by atoms with Gasteiger partial charge in [-0.2, -0.15) is 0 Å². The van der Waals surface area contributed by atoms with E-state index in [1.165, 1.54) is 6.92 Å². The Bertz CT molecular complexity index is 349. The van der Waals surface area contributed by atoms with Gasteiger partial charge in [-0.25, -0.2) is 4.39 Å². The predicted molar refractivity (Wildman–Crippen MR) is 60.1 cm³/mol. The molecule has 0 saturated heterocycles. The lowest BCUT2D eigenvalue weighted by Gasteiger charge is -2.16. The molecule has 1 nitrogen and oxygen atoms in total. The molecule has 0 aliphatic rings. The third-order valence-corrected chi connectivity index (χ3v) is 2.79. The minimum Gasteiger partial charge on any atom is -0.303 e. The summed E-state index contributed by atoms with van der Waals surface area (Å²) in [5.74, 6) is 0.00870. The fourth-order valence-corrected chi connectivity index (χ4v) is 2.01. The topological polar surface area (TPSA) is 17.1 Å². The molecule has 0 amide bonds. The first-order valence-electron chi connectivity index (χ1n) is 4.94. The summed E-state index contributed by atoms with van der Waals surface area (Å²) in [6, 6.07) is 5.28. The van der Waals surface area contributed by atoms with Gasteiger partial charge in [0.25, 0.3) is 0 Å². The fraction of sp³-hybridized carbons (Fsp3) is 0.417. The molecule has 0 heterocycles. The van der Waals surface area contributed by atoms with Gasteiger partial charge in [-0.15, -0.1) is 0 Å². The van der Waals surface area contributed by atoms with E-state index < -0.39 is 6.17 Å². The van der Waals surface area contributed by atoms with E-state index in [1.54, 1.807) is 12.1 Å². The zero-order chi connectivity index (χ0) is 11.4. The Morgan fingerprint density at radius 1 is 1.47 bits per heavy atom. The van der Waals surface area contributed by atoms with E-state index in [0.29, 0.717) is 17.0 Å². The SMILES string of the molecule is CC(F)c1c(Cl)cccc1C(C)CC=O. The molecule has 1 rings (SSSR count). The summed E-state index contributed by atoms with van der Waals surface area (Å²) >= 11 is 5.94. The van der Waals surface area contributed by atoms with E-state index in [1.807, 2.05) is 13.0 Å². The number of aldehydes is 1. The largest absolute Gasteiger partial charge is 0.303 e. The molecule has 0 radical (unpaired) electrons. The van der Waals surface area contributed by atoms with Crippen molar-refractivity contribution >= 4 is 17.9 Å². The summed E-state index contributed by atoms with van der Waals surface area (Å²) in [5, 5.41) is 0.431. The van der Waals surface area contributed by atoms with E-state index in [2.05, 4.69) is 0 Å². The van der Waals surface area contributed by atoms with Crippen LogP contribution in [0.3, 0.4) is 0 Å². The van der Waals surface area contributed by atoms with Gasteiger partial charge in [-0.3, -0.25) is 0 Å². The quantitative estimate of drug-likeness (QED) is 0.711. The smallest absolute Gasteiger partial charge is 0.124 e. The van der Waals surface area contributed by atoms with Crippen molar-refractivity contribution in [2.75, 3.05) is 0 Å². The van der Waals surface area contributed by atoms with Crippen LogP contribution in [0.4, 0.5) is 4.39 Å². The number of alkyl halides is 1. The van der Waals surface area contributed by atoms with Crippen LogP contribution in [0.25, 0.3) is 0 Å². The zero-order valence-corrected chi connectivity index (χ0v) is 9.59. The van der Waals surface area contributed by atoms with Crippen molar-refractivity contribution in [1.82, 2.24) is 0 Å². The second-order valence-electron chi connectivity index (χ2n) is 3.66. The maximum absolute atomic E-state index is 13.4. The van der Waals surface area contributed by atoms with Gasteiger partial charge in [0.05, 0.1) is 0 Å². The molecule has 0 aliphatic heterocycles. The fourth-order valence-electron chi connectivity index (χ4n) is 1.67. The van der Waals surface area contributed by atoms with Gasteiger partial charge in [0.15, 0.2) is 0 Å². The van der Waals surface area contributed by atoms with Crippen LogP contribution in [0.2, 0.25) is 5.02 Å². The maximum Gasteiger partial charge on any atom is 0.124 e. The van der Waals surface area contributed by atoms with E-state index in [-0.39, 0.29) is 5.92 Å². The van der Waals surface area contributed by atoms with Gasteiger partial charge in [0.2, 0.25) is 0 Å². The monoisotopic (exact) mass is 228 g/mol. The van der Waals surface area contributed by atoms with Crippen molar-refractivity contribution in [3.8, 4) is 0 Å². The summed E-state index contributed by atoms with van der Waals surface area (Å²) in [4.78, 5) is 10.4. The highest BCUT2D eigenvalue weighted by atomic mass is 35.5. The third kappa shape index (κ3) is 2.78. The number of hydrogen-bond acceptors (Lipinski definition) is 1. The van der Waals surface area contributed by atoms with Crippen molar-refractivity contribution < 1.29 is 9.18 Å². The summed E-state index contributed by atoms with van der Waals surface area (Å²) in [5.41, 5.74) is 1.33. The number of hydrogen-bond donors (Lipinski definition) is 0. The molecule has 0 saturated carbocycles. The zero-order valence-electron chi connectivity index (χ0n) is 8.84. The van der Waals surface area contributed by atoms with E-state index in [4.69, 9.17) is 11.6 Å². The van der Waals surface area contributed by atoms with Crippen LogP contribution in [-0.4, -0.2) is 6.29 Å². The first-order valence-corrected chi connectivity index (χ1v) is 5.31. The summed E-state index contributed by atoms with van der Waals surface area (Å²) < 4.78 is 13.4. The maximum atomic E-state index is 13.4. The Hall–Kier alpha value is -0.890. The van der Waals surface area contributed by atoms with Crippen molar-refractivity contribution in [3.05, 3.63) is 34.3 Å². The van der Waals surface area contributed by atoms with Gasteiger partial charge in [0.1, 0.15) is 12.5 Å². The van der Waals surface area contributed by atoms with Gasteiger partial charge in [-0.05, 0) is 24.5 Å². The average molecular weight is 229 g/mol. The summed E-state index contributed by atoms with van der Waals surface area (Å²) in [7, 11) is 0. The van der Waals surface area contributed by atoms with Gasteiger partial charge in [-0.1, -0.05) is 30.7 Å². The van der Waals surface area contributed by atoms with Crippen LogP contribution in [-0.2, 0) is 4.79 Å². The van der Waals surface area contributed by atoms with Gasteiger partial charge in [0, 0.05) is 17.0 Å². The van der Waals surface area contributed by atoms with Gasteiger partial charge < -0.3 is 4.79 Å². The summed E-state index contributed by atoms with van der Waals surface area (Å²) in [6.45, 7) is 3.35. The number of carbonyl (C=O) groups is 1. The van der Waals surface area contributed by atoms with Crippen molar-refractivity contribution in [2.45, 2.75) is 32.4 Å². The van der Waals surface area contributed by atoms with Crippen molar-refractivity contribution in [2.24, 2.45) is 0 Å². The van der Waals surface area contributed by atoms with Crippen LogP contribution >= 0.6 is 11.6 Å². The van der Waals surface area contributed by atoms with Crippen LogP contribution in [0, 0.1) is 0 Å². The lowest BCUT2D eigenvalue weighted by Crippen LogP contribution is -2.02. The van der Waals surface area contributed by atoms with E-state index in [0.717, 1.165) is 11.8 Å². The predicted octanol–water partition coefficient (Wildman–Crippen LogP) is 4.06. The minimum absolute atomic E-state index is 0.00870. The Morgan fingerprint density at radius 3 is 2.67 bits per heavy atom. The highest BCUT2D eigenvalue weighted by molar-refractivity contribution is 6.31. The third-order valence-electron chi connectivity index (χ3n) is 2.47. The number of rotatable bonds is 4. The Morgan fingerprint density at radius 2 is 2.13 bits per heavy atom. The molecule has 0 bridgehead atoms. The molecule has 0 fully saturated rings. The first kappa shape index (κ1) is 12.2. The normalized spacial score (nSPS) is 14.7. The van der Waals surface area contributed by atoms with Crippen LogP contribution < -0.4 is 0 Å². The second-order valence-corrected chi connectivity index (χ2v) is 4.07. The van der Waals surface area contributed by atoms with E-state index >= 15 is 0 Å². The lowest BCUT2D eigenvalue weighted by atomic mass is 9.92. The Balaban J connectivity index is 3.16. The lowest BCUT2D eigenvalue weighted by molar-refractivity contribution is -0.108. The Labute approximate surface area is 94.3 Å². The molecule has 1 aromatic carbocycles. The number of halogens is 2. The molecule has 15 heavy (non-hydrogen) atoms. The number of carbonyl (C=O) groups excluding carboxylic acids is 1. The highest BCUT2D eigenvalue weighted by Crippen LogP contribution is 2.33. The van der Waals surface area contributed by atoms with E-state index in [9.17, 15) is 9.18 Å². The molecule has 0 spiro atoms. The summed E-state index contributed by atoms with van der Waals surface area (Å²) in [6.07, 6.45) is 0.126. The molecule has 1 aromatic rings. The molecular formula is C12H14ClFO. The highest BCUT2D eigenvalue weighted by Gasteiger charge is 2.17. The first-order chi connectivity index (χ1) is 7.07. The van der Waals surface area contributed by atoms with Crippen molar-refractivity contribution in [3.63, 3.8) is 0 Å². The van der Waals surface area contributed by atoms with Crippen LogP contribution in [0.15, 0.2) is 18.2 Å². The molecule has 0 aliphatic carbocycles. The molecule has 0 aromatic heterocycles. The molecule has 3 heteroatoms. The van der Waals surface area contributed by atoms with Crippen molar-refractivity contribution in [1.29, 1.82) is 0 Å². The molecular weight excluding hydrogens is 215 g/mol. The van der Waals surface area contributed by atoms with Crippen LogP contribution in [0.5, 0.6) is 0 Å². The average Bonchev–Trinajstić information content (AvgIpc) is 2.17. The van der Waals surface area contributed by atoms with Crippen LogP contribution in [0.1, 0.15) is 43.5 Å². The molecule has 2 unspecified atom stereocenters. The minimum atomic E-state index is -1.11. The van der Waals surface area contributed by atoms with Gasteiger partial charge >= 0.3 is 0 Å². The Kier molecular flexibility index (Phi) is 4.28. The molecule has 0 N–H and O–H groups in total. The second kappa shape index (κ2) is 5.26. The molecule has 2 atom stereocenters.